The third kappa shape index (κ3) is 2.78. The molecule has 5 saturated carbocycles. The number of nitrogens with one attached hydrogen (secondary N) is 1. The van der Waals surface area contributed by atoms with Gasteiger partial charge in [-0.2, -0.15) is 5.10 Å². The van der Waals surface area contributed by atoms with Gasteiger partial charge in [0.2, 0.25) is 5.91 Å². The number of amides is 1. The fraction of sp³-hybridized carbons (Fsp3) is 0.462. The van der Waals surface area contributed by atoms with Gasteiger partial charge in [0.25, 0.3) is 0 Å². The third-order valence-corrected chi connectivity index (χ3v) is 8.12. The minimum atomic E-state index is -0.211. The first kappa shape index (κ1) is 17.4. The summed E-state index contributed by atoms with van der Waals surface area (Å²) in [5.74, 6) is 3.11. The first-order valence-corrected chi connectivity index (χ1v) is 11.2. The van der Waals surface area contributed by atoms with E-state index in [2.05, 4.69) is 54.0 Å². The molecule has 5 fully saturated rings. The number of nitrogens with zero attached hydrogens (tertiary/aromatic N) is 1. The Kier molecular flexibility index (Phi) is 3.94. The fourth-order valence-corrected chi connectivity index (χ4v) is 6.90. The average molecular weight is 385 g/mol. The maximum atomic E-state index is 13.2. The molecule has 1 atom stereocenters. The number of hydrazone groups is 1. The van der Waals surface area contributed by atoms with Gasteiger partial charge in [-0.25, -0.2) is 5.43 Å². The molecule has 148 valence electrons. The summed E-state index contributed by atoms with van der Waals surface area (Å²) in [5.41, 5.74) is 6.57. The van der Waals surface area contributed by atoms with Crippen molar-refractivity contribution in [3.05, 3.63) is 71.8 Å². The van der Waals surface area contributed by atoms with Crippen LogP contribution in [-0.2, 0) is 10.2 Å². The summed E-state index contributed by atoms with van der Waals surface area (Å²) in [5, 5.41) is 4.75. The molecule has 4 bridgehead atoms. The summed E-state index contributed by atoms with van der Waals surface area (Å²) < 4.78 is 0. The largest absolute Gasteiger partial charge is 0.273 e. The third-order valence-electron chi connectivity index (χ3n) is 8.12. The zero-order chi connectivity index (χ0) is 19.4. The van der Waals surface area contributed by atoms with Crippen molar-refractivity contribution in [2.45, 2.75) is 43.9 Å². The SMILES string of the molecule is O=C(NN=C1C2CC3CC(C2)CC1C3)[C@H]1CC1(c1ccccc1)c1ccccc1. The van der Waals surface area contributed by atoms with Crippen LogP contribution >= 0.6 is 0 Å². The van der Waals surface area contributed by atoms with E-state index in [-0.39, 0.29) is 17.2 Å². The average Bonchev–Trinajstić information content (AvgIpc) is 3.51. The van der Waals surface area contributed by atoms with Crippen LogP contribution in [0.5, 0.6) is 0 Å². The smallest absolute Gasteiger partial charge is 0.244 e. The van der Waals surface area contributed by atoms with Crippen LogP contribution in [0.15, 0.2) is 65.8 Å². The summed E-state index contributed by atoms with van der Waals surface area (Å²) in [6.45, 7) is 0. The topological polar surface area (TPSA) is 41.5 Å². The molecule has 5 aliphatic rings. The molecule has 1 amide bonds. The Hall–Kier alpha value is -2.42. The highest BCUT2D eigenvalue weighted by molar-refractivity contribution is 5.93. The molecular formula is C26H28N2O. The Balaban J connectivity index is 1.25. The molecule has 2 aromatic rings. The lowest BCUT2D eigenvalue weighted by Gasteiger charge is -2.50. The van der Waals surface area contributed by atoms with Gasteiger partial charge in [-0.3, -0.25) is 4.79 Å². The van der Waals surface area contributed by atoms with E-state index in [1.54, 1.807) is 0 Å². The Morgan fingerprint density at radius 3 is 1.83 bits per heavy atom. The minimum Gasteiger partial charge on any atom is -0.273 e. The molecular weight excluding hydrogens is 356 g/mol. The van der Waals surface area contributed by atoms with Gasteiger partial charge in [0.1, 0.15) is 0 Å². The van der Waals surface area contributed by atoms with Gasteiger partial charge in [-0.15, -0.1) is 0 Å². The summed E-state index contributed by atoms with van der Waals surface area (Å²) in [6, 6.07) is 21.0. The number of carbonyl (C=O) groups is 1. The summed E-state index contributed by atoms with van der Waals surface area (Å²) in [4.78, 5) is 13.2. The lowest BCUT2D eigenvalue weighted by molar-refractivity contribution is -0.122. The molecule has 0 aromatic heterocycles. The summed E-state index contributed by atoms with van der Waals surface area (Å²) in [7, 11) is 0. The monoisotopic (exact) mass is 384 g/mol. The maximum absolute atomic E-state index is 13.2. The Labute approximate surface area is 172 Å². The Morgan fingerprint density at radius 1 is 0.793 bits per heavy atom. The van der Waals surface area contributed by atoms with Crippen LogP contribution in [-0.4, -0.2) is 11.6 Å². The van der Waals surface area contributed by atoms with Crippen LogP contribution in [0.1, 0.15) is 49.7 Å². The standard InChI is InChI=1S/C26H28N2O/c29-25(28-27-24-19-12-17-11-18(14-19)15-20(24)13-17)23-16-26(23,21-7-3-1-4-8-21)22-9-5-2-6-10-22/h1-10,17-20,23H,11-16H2,(H,28,29)/t17?,18?,19?,20?,23-/m1/s1. The van der Waals surface area contributed by atoms with Gasteiger partial charge in [-0.05, 0) is 73.3 Å². The highest BCUT2D eigenvalue weighted by Crippen LogP contribution is 2.59. The molecule has 2 aromatic carbocycles. The predicted molar refractivity (Wildman–Crippen MR) is 114 cm³/mol. The molecule has 0 saturated heterocycles. The Bertz CT molecular complexity index is 880. The van der Waals surface area contributed by atoms with Crippen molar-refractivity contribution >= 4 is 11.6 Å². The second-order valence-electron chi connectivity index (χ2n) is 9.78. The van der Waals surface area contributed by atoms with Crippen LogP contribution in [0, 0.1) is 29.6 Å². The van der Waals surface area contributed by atoms with E-state index in [1.807, 2.05) is 12.1 Å². The number of carbonyl (C=O) groups excluding carboxylic acids is 1. The second-order valence-corrected chi connectivity index (χ2v) is 9.78. The predicted octanol–water partition coefficient (Wildman–Crippen LogP) is 4.92. The van der Waals surface area contributed by atoms with E-state index >= 15 is 0 Å². The lowest BCUT2D eigenvalue weighted by atomic mass is 9.55. The number of hydrogen-bond acceptors (Lipinski definition) is 2. The van der Waals surface area contributed by atoms with Crippen molar-refractivity contribution in [1.82, 2.24) is 5.43 Å². The molecule has 0 aliphatic heterocycles. The highest BCUT2D eigenvalue weighted by atomic mass is 16.2. The molecule has 0 heterocycles. The van der Waals surface area contributed by atoms with Crippen molar-refractivity contribution in [3.8, 4) is 0 Å². The minimum absolute atomic E-state index is 0.0477. The van der Waals surface area contributed by atoms with Crippen LogP contribution in [0.2, 0.25) is 0 Å². The van der Waals surface area contributed by atoms with E-state index in [9.17, 15) is 4.79 Å². The number of hydrogen-bond donors (Lipinski definition) is 1. The zero-order valence-electron chi connectivity index (χ0n) is 16.8. The fourth-order valence-electron chi connectivity index (χ4n) is 6.90. The molecule has 5 aliphatic carbocycles. The van der Waals surface area contributed by atoms with E-state index < -0.39 is 0 Å². The molecule has 1 N–H and O–H groups in total. The molecule has 7 rings (SSSR count). The number of benzene rings is 2. The van der Waals surface area contributed by atoms with Crippen molar-refractivity contribution in [2.75, 3.05) is 0 Å². The Morgan fingerprint density at radius 2 is 1.31 bits per heavy atom. The van der Waals surface area contributed by atoms with E-state index in [4.69, 9.17) is 5.10 Å². The van der Waals surface area contributed by atoms with Crippen LogP contribution in [0.25, 0.3) is 0 Å². The van der Waals surface area contributed by atoms with Crippen LogP contribution in [0.3, 0.4) is 0 Å². The molecule has 3 nitrogen and oxygen atoms in total. The zero-order valence-corrected chi connectivity index (χ0v) is 16.8. The van der Waals surface area contributed by atoms with Crippen molar-refractivity contribution < 1.29 is 4.79 Å². The molecule has 29 heavy (non-hydrogen) atoms. The van der Waals surface area contributed by atoms with Gasteiger partial charge in [-0.1, -0.05) is 60.7 Å². The quantitative estimate of drug-likeness (QED) is 0.747. The lowest BCUT2D eigenvalue weighted by Crippen LogP contribution is -2.46. The first-order chi connectivity index (χ1) is 14.2. The molecule has 0 unspecified atom stereocenters. The van der Waals surface area contributed by atoms with Crippen LogP contribution < -0.4 is 5.43 Å². The van der Waals surface area contributed by atoms with Crippen molar-refractivity contribution in [2.24, 2.45) is 34.7 Å². The van der Waals surface area contributed by atoms with Crippen LogP contribution in [0.4, 0.5) is 0 Å². The first-order valence-electron chi connectivity index (χ1n) is 11.2. The van der Waals surface area contributed by atoms with Crippen molar-refractivity contribution in [3.63, 3.8) is 0 Å². The van der Waals surface area contributed by atoms with Gasteiger partial charge in [0, 0.05) is 11.1 Å². The summed E-state index contributed by atoms with van der Waals surface area (Å²) in [6.07, 6.45) is 7.47. The van der Waals surface area contributed by atoms with Gasteiger partial charge >= 0.3 is 0 Å². The molecule has 0 spiro atoms. The molecule has 3 heteroatoms. The second kappa shape index (κ2) is 6.55. The highest BCUT2D eigenvalue weighted by Gasteiger charge is 2.60. The van der Waals surface area contributed by atoms with Gasteiger partial charge in [0.05, 0.1) is 5.92 Å². The number of rotatable bonds is 4. The summed E-state index contributed by atoms with van der Waals surface area (Å²) >= 11 is 0. The molecule has 0 radical (unpaired) electrons. The van der Waals surface area contributed by atoms with Gasteiger partial charge in [0.15, 0.2) is 0 Å². The van der Waals surface area contributed by atoms with E-state index in [0.29, 0.717) is 11.8 Å². The normalized spacial score (nSPS) is 33.4. The maximum Gasteiger partial charge on any atom is 0.244 e. The van der Waals surface area contributed by atoms with E-state index in [1.165, 1.54) is 48.9 Å². The van der Waals surface area contributed by atoms with Crippen molar-refractivity contribution in [1.29, 1.82) is 0 Å². The van der Waals surface area contributed by atoms with E-state index in [0.717, 1.165) is 18.3 Å². The van der Waals surface area contributed by atoms with Gasteiger partial charge < -0.3 is 0 Å².